The van der Waals surface area contributed by atoms with Crippen molar-refractivity contribution in [3.05, 3.63) is 53.5 Å². The molecule has 3 aromatic rings. The highest BCUT2D eigenvalue weighted by Crippen LogP contribution is 2.33. The van der Waals surface area contributed by atoms with E-state index in [0.29, 0.717) is 6.54 Å². The van der Waals surface area contributed by atoms with Crippen molar-refractivity contribution in [1.29, 1.82) is 0 Å². The summed E-state index contributed by atoms with van der Waals surface area (Å²) in [6, 6.07) is 15.0. The smallest absolute Gasteiger partial charge is 0.321 e. The normalized spacial score (nSPS) is 16.2. The highest BCUT2D eigenvalue weighted by molar-refractivity contribution is 7.14. The Labute approximate surface area is 179 Å². The van der Waals surface area contributed by atoms with Gasteiger partial charge in [-0.1, -0.05) is 11.3 Å². The van der Waals surface area contributed by atoms with Crippen molar-refractivity contribution in [3.63, 3.8) is 0 Å². The van der Waals surface area contributed by atoms with Crippen LogP contribution in [0.5, 0.6) is 11.5 Å². The van der Waals surface area contributed by atoms with Crippen molar-refractivity contribution in [1.82, 2.24) is 15.1 Å². The molecule has 0 spiro atoms. The van der Waals surface area contributed by atoms with Gasteiger partial charge in [0, 0.05) is 30.3 Å². The number of piperidine rings is 1. The number of anilines is 1. The summed E-state index contributed by atoms with van der Waals surface area (Å²) in [5.41, 5.74) is 1.77. The molecule has 1 aliphatic rings. The van der Waals surface area contributed by atoms with E-state index in [1.807, 2.05) is 53.4 Å². The number of rotatable bonds is 5. The summed E-state index contributed by atoms with van der Waals surface area (Å²) >= 11 is 1.59. The predicted octanol–water partition coefficient (Wildman–Crippen LogP) is 4.63. The Balaban J connectivity index is 1.40. The Morgan fingerprint density at radius 2 is 1.70 bits per heavy atom. The third kappa shape index (κ3) is 4.54. The Hall–Kier alpha value is -3.13. The quantitative estimate of drug-likeness (QED) is 0.646. The molecule has 0 saturated carbocycles. The number of benzene rings is 2. The molecule has 1 unspecified atom stereocenters. The summed E-state index contributed by atoms with van der Waals surface area (Å²) in [5, 5.41) is 13.6. The molecule has 1 atom stereocenters. The number of carbonyl (C=O) groups is 1. The van der Waals surface area contributed by atoms with Crippen LogP contribution >= 0.6 is 11.3 Å². The maximum atomic E-state index is 12.7. The van der Waals surface area contributed by atoms with Crippen LogP contribution in [0.25, 0.3) is 10.6 Å². The molecule has 1 aromatic heterocycles. The number of ether oxygens (including phenoxy) is 2. The monoisotopic (exact) mass is 424 g/mol. The lowest BCUT2D eigenvalue weighted by Gasteiger charge is -2.31. The number of methoxy groups -OCH3 is 2. The van der Waals surface area contributed by atoms with Crippen LogP contribution in [0.2, 0.25) is 0 Å². The Morgan fingerprint density at radius 3 is 2.37 bits per heavy atom. The zero-order chi connectivity index (χ0) is 20.9. The molecule has 0 radical (unpaired) electrons. The van der Waals surface area contributed by atoms with Gasteiger partial charge in [0.15, 0.2) is 0 Å². The van der Waals surface area contributed by atoms with Gasteiger partial charge in [0.1, 0.15) is 21.5 Å². The minimum Gasteiger partial charge on any atom is -0.497 e. The van der Waals surface area contributed by atoms with Crippen LogP contribution in [0.15, 0.2) is 48.5 Å². The average Bonchev–Trinajstić information content (AvgIpc) is 3.30. The predicted molar refractivity (Wildman–Crippen MR) is 117 cm³/mol. The van der Waals surface area contributed by atoms with Crippen molar-refractivity contribution in [2.75, 3.05) is 32.6 Å². The van der Waals surface area contributed by atoms with E-state index in [2.05, 4.69) is 15.5 Å². The molecule has 7 nitrogen and oxygen atoms in total. The average molecular weight is 425 g/mol. The summed E-state index contributed by atoms with van der Waals surface area (Å²) in [6.07, 6.45) is 1.95. The molecule has 4 rings (SSSR count). The highest BCUT2D eigenvalue weighted by atomic mass is 32.1. The van der Waals surface area contributed by atoms with Crippen LogP contribution in [0.1, 0.15) is 23.8 Å². The van der Waals surface area contributed by atoms with Crippen molar-refractivity contribution in [3.8, 4) is 22.1 Å². The minimum absolute atomic E-state index is 0.0928. The molecule has 156 valence electrons. The second kappa shape index (κ2) is 9.13. The van der Waals surface area contributed by atoms with Crippen LogP contribution in [-0.2, 0) is 0 Å². The second-order valence-corrected chi connectivity index (χ2v) is 8.13. The fraction of sp³-hybridized carbons (Fsp3) is 0.318. The number of amides is 2. The summed E-state index contributed by atoms with van der Waals surface area (Å²) in [7, 11) is 3.27. The lowest BCUT2D eigenvalue weighted by atomic mass is 9.99. The molecule has 0 aliphatic carbocycles. The molecular formula is C22H24N4O3S. The molecule has 1 N–H and O–H groups in total. The fourth-order valence-electron chi connectivity index (χ4n) is 3.49. The Kier molecular flexibility index (Phi) is 6.13. The molecule has 1 fully saturated rings. The van der Waals surface area contributed by atoms with Crippen LogP contribution in [-0.4, -0.2) is 48.4 Å². The first-order valence-electron chi connectivity index (χ1n) is 9.84. The molecular weight excluding hydrogens is 400 g/mol. The van der Waals surface area contributed by atoms with Crippen LogP contribution in [0.3, 0.4) is 0 Å². The van der Waals surface area contributed by atoms with E-state index >= 15 is 0 Å². The SMILES string of the molecule is COc1ccc(NC(=O)N2CCCC(c3nnc(-c4ccc(OC)cc4)s3)C2)cc1. The molecule has 1 saturated heterocycles. The summed E-state index contributed by atoms with van der Waals surface area (Å²) in [6.45, 7) is 1.38. The number of nitrogens with one attached hydrogen (secondary N) is 1. The van der Waals surface area contributed by atoms with E-state index in [0.717, 1.165) is 52.2 Å². The lowest BCUT2D eigenvalue weighted by molar-refractivity contribution is 0.192. The molecule has 8 heteroatoms. The van der Waals surface area contributed by atoms with Gasteiger partial charge in [-0.2, -0.15) is 0 Å². The van der Waals surface area contributed by atoms with E-state index in [9.17, 15) is 4.79 Å². The molecule has 2 amide bonds. The van der Waals surface area contributed by atoms with E-state index < -0.39 is 0 Å². The Morgan fingerprint density at radius 1 is 1.03 bits per heavy atom. The molecule has 2 heterocycles. The second-order valence-electron chi connectivity index (χ2n) is 7.12. The van der Waals surface area contributed by atoms with Gasteiger partial charge in [-0.25, -0.2) is 4.79 Å². The largest absolute Gasteiger partial charge is 0.497 e. The number of nitrogens with zero attached hydrogens (tertiary/aromatic N) is 3. The van der Waals surface area contributed by atoms with Crippen molar-refractivity contribution in [2.24, 2.45) is 0 Å². The van der Waals surface area contributed by atoms with Crippen LogP contribution in [0.4, 0.5) is 10.5 Å². The van der Waals surface area contributed by atoms with Crippen molar-refractivity contribution in [2.45, 2.75) is 18.8 Å². The number of hydrogen-bond donors (Lipinski definition) is 1. The number of carbonyl (C=O) groups excluding carboxylic acids is 1. The van der Waals surface area contributed by atoms with Crippen LogP contribution < -0.4 is 14.8 Å². The fourth-order valence-corrected chi connectivity index (χ4v) is 4.46. The zero-order valence-electron chi connectivity index (χ0n) is 17.0. The molecule has 0 bridgehead atoms. The van der Waals surface area contributed by atoms with Gasteiger partial charge in [-0.15, -0.1) is 10.2 Å². The van der Waals surface area contributed by atoms with Gasteiger partial charge in [0.2, 0.25) is 0 Å². The first-order valence-corrected chi connectivity index (χ1v) is 10.7. The Bertz CT molecular complexity index is 988. The summed E-state index contributed by atoms with van der Waals surface area (Å²) < 4.78 is 10.4. The van der Waals surface area contributed by atoms with Gasteiger partial charge in [-0.05, 0) is 61.4 Å². The standard InChI is InChI=1S/C22H24N4O3S/c1-28-18-9-5-15(6-10-18)20-24-25-21(30-20)16-4-3-13-26(14-16)22(27)23-17-7-11-19(29-2)12-8-17/h5-12,16H,3-4,13-14H2,1-2H3,(H,23,27). The van der Waals surface area contributed by atoms with E-state index in [-0.39, 0.29) is 11.9 Å². The third-order valence-corrected chi connectivity index (χ3v) is 6.31. The number of hydrogen-bond acceptors (Lipinski definition) is 6. The number of aromatic nitrogens is 2. The van der Waals surface area contributed by atoms with Crippen molar-refractivity contribution < 1.29 is 14.3 Å². The third-order valence-electron chi connectivity index (χ3n) is 5.18. The topological polar surface area (TPSA) is 76.6 Å². The van der Waals surface area contributed by atoms with Gasteiger partial charge in [0.25, 0.3) is 0 Å². The van der Waals surface area contributed by atoms with Crippen LogP contribution in [0, 0.1) is 0 Å². The van der Waals surface area contributed by atoms with E-state index in [1.165, 1.54) is 0 Å². The lowest BCUT2D eigenvalue weighted by Crippen LogP contribution is -2.41. The van der Waals surface area contributed by atoms with Gasteiger partial charge in [0.05, 0.1) is 14.2 Å². The maximum Gasteiger partial charge on any atom is 0.321 e. The molecule has 30 heavy (non-hydrogen) atoms. The van der Waals surface area contributed by atoms with Crippen molar-refractivity contribution >= 4 is 23.1 Å². The number of urea groups is 1. The van der Waals surface area contributed by atoms with Gasteiger partial charge < -0.3 is 19.7 Å². The number of likely N-dealkylation sites (tertiary alicyclic amines) is 1. The van der Waals surface area contributed by atoms with Gasteiger partial charge >= 0.3 is 6.03 Å². The van der Waals surface area contributed by atoms with Gasteiger partial charge in [-0.3, -0.25) is 0 Å². The zero-order valence-corrected chi connectivity index (χ0v) is 17.8. The minimum atomic E-state index is -0.0928. The first kappa shape index (κ1) is 20.2. The highest BCUT2D eigenvalue weighted by Gasteiger charge is 2.27. The molecule has 1 aliphatic heterocycles. The summed E-state index contributed by atoms with van der Waals surface area (Å²) in [4.78, 5) is 14.6. The molecule has 2 aromatic carbocycles. The summed E-state index contributed by atoms with van der Waals surface area (Å²) in [5.74, 6) is 1.77. The van der Waals surface area contributed by atoms with E-state index in [1.54, 1.807) is 25.6 Å². The first-order chi connectivity index (χ1) is 14.7. The van der Waals surface area contributed by atoms with E-state index in [4.69, 9.17) is 9.47 Å². The maximum absolute atomic E-state index is 12.7.